The standard InChI is InChI=1S/C21H22N8O3/c1-12-11-31-7-6-28(12)18-8-14(16-9-19(32-27-16)25-21(30)13-2-3-13)15-10-23-29(20(15)24-18)17-4-5-22-26-17/h4-5,8-10,12-13H,2-3,6-7,11H2,1H3,(H,22,26)(H,25,30)/t12-/m1/s1. The first-order valence-electron chi connectivity index (χ1n) is 10.7. The summed E-state index contributed by atoms with van der Waals surface area (Å²) in [6.07, 6.45) is 5.33. The fraction of sp³-hybridized carbons (Fsp3) is 0.381. The summed E-state index contributed by atoms with van der Waals surface area (Å²) in [5.74, 6) is 1.83. The molecule has 1 atom stereocenters. The van der Waals surface area contributed by atoms with Crippen molar-refractivity contribution in [1.82, 2.24) is 30.1 Å². The summed E-state index contributed by atoms with van der Waals surface area (Å²) in [5, 5.41) is 19.4. The molecule has 11 heteroatoms. The number of nitrogens with one attached hydrogen (secondary N) is 2. The summed E-state index contributed by atoms with van der Waals surface area (Å²) in [7, 11) is 0. The molecule has 164 valence electrons. The number of pyridine rings is 1. The largest absolute Gasteiger partial charge is 0.377 e. The molecule has 2 fully saturated rings. The molecular formula is C21H22N8O3. The highest BCUT2D eigenvalue weighted by Gasteiger charge is 2.30. The Kier molecular flexibility index (Phi) is 4.42. The number of hydrogen-bond acceptors (Lipinski definition) is 8. The van der Waals surface area contributed by atoms with E-state index in [1.165, 1.54) is 0 Å². The minimum absolute atomic E-state index is 0.0262. The molecule has 2 N–H and O–H groups in total. The highest BCUT2D eigenvalue weighted by atomic mass is 16.5. The third kappa shape index (κ3) is 3.30. The van der Waals surface area contributed by atoms with E-state index in [1.54, 1.807) is 23.1 Å². The van der Waals surface area contributed by atoms with Gasteiger partial charge in [-0.3, -0.25) is 15.2 Å². The lowest BCUT2D eigenvalue weighted by Crippen LogP contribution is -2.44. The van der Waals surface area contributed by atoms with Gasteiger partial charge in [0.1, 0.15) is 11.5 Å². The minimum Gasteiger partial charge on any atom is -0.377 e. The van der Waals surface area contributed by atoms with Crippen molar-refractivity contribution in [3.63, 3.8) is 0 Å². The van der Waals surface area contributed by atoms with Crippen molar-refractivity contribution in [3.8, 4) is 17.1 Å². The second-order valence-corrected chi connectivity index (χ2v) is 8.21. The number of fused-ring (bicyclic) bond motifs is 1. The third-order valence-electron chi connectivity index (χ3n) is 5.87. The van der Waals surface area contributed by atoms with Gasteiger partial charge in [0, 0.05) is 41.7 Å². The Balaban J connectivity index is 1.46. The number of hydrogen-bond donors (Lipinski definition) is 2. The lowest BCUT2D eigenvalue weighted by molar-refractivity contribution is -0.117. The van der Waals surface area contributed by atoms with Crippen molar-refractivity contribution in [2.75, 3.05) is 30.0 Å². The zero-order chi connectivity index (χ0) is 21.7. The second-order valence-electron chi connectivity index (χ2n) is 8.21. The van der Waals surface area contributed by atoms with E-state index >= 15 is 0 Å². The van der Waals surface area contributed by atoms with E-state index in [1.807, 2.05) is 12.1 Å². The van der Waals surface area contributed by atoms with Gasteiger partial charge in [-0.05, 0) is 25.8 Å². The van der Waals surface area contributed by atoms with Crippen LogP contribution in [0, 0.1) is 5.92 Å². The van der Waals surface area contributed by atoms with Crippen molar-refractivity contribution in [2.24, 2.45) is 5.92 Å². The molecule has 4 aromatic rings. The maximum atomic E-state index is 12.1. The maximum absolute atomic E-state index is 12.1. The van der Waals surface area contributed by atoms with Crippen LogP contribution in [0.2, 0.25) is 0 Å². The first kappa shape index (κ1) is 19.0. The van der Waals surface area contributed by atoms with Crippen molar-refractivity contribution < 1.29 is 14.1 Å². The highest BCUT2D eigenvalue weighted by molar-refractivity contribution is 5.96. The highest BCUT2D eigenvalue weighted by Crippen LogP contribution is 2.35. The van der Waals surface area contributed by atoms with E-state index in [2.05, 4.69) is 37.6 Å². The molecule has 0 unspecified atom stereocenters. The smallest absolute Gasteiger partial charge is 0.231 e. The van der Waals surface area contributed by atoms with Crippen LogP contribution in [0.5, 0.6) is 0 Å². The van der Waals surface area contributed by atoms with Crippen LogP contribution in [-0.4, -0.2) is 61.8 Å². The van der Waals surface area contributed by atoms with Gasteiger partial charge in [0.25, 0.3) is 0 Å². The molecule has 32 heavy (non-hydrogen) atoms. The monoisotopic (exact) mass is 434 g/mol. The summed E-state index contributed by atoms with van der Waals surface area (Å²) in [4.78, 5) is 19.3. The van der Waals surface area contributed by atoms with Gasteiger partial charge in [-0.1, -0.05) is 5.16 Å². The summed E-state index contributed by atoms with van der Waals surface area (Å²) in [6.45, 7) is 4.11. The van der Waals surface area contributed by atoms with Crippen LogP contribution in [-0.2, 0) is 9.53 Å². The predicted molar refractivity (Wildman–Crippen MR) is 115 cm³/mol. The molecule has 6 rings (SSSR count). The Morgan fingerprint density at radius 1 is 1.28 bits per heavy atom. The average molecular weight is 434 g/mol. The van der Waals surface area contributed by atoms with Gasteiger partial charge in [0.15, 0.2) is 11.5 Å². The molecule has 0 radical (unpaired) electrons. The third-order valence-corrected chi connectivity index (χ3v) is 5.87. The van der Waals surface area contributed by atoms with Gasteiger partial charge in [-0.2, -0.15) is 14.9 Å². The molecule has 1 saturated carbocycles. The van der Waals surface area contributed by atoms with E-state index in [0.29, 0.717) is 36.3 Å². The lowest BCUT2D eigenvalue weighted by atomic mass is 10.1. The van der Waals surface area contributed by atoms with E-state index < -0.39 is 0 Å². The second kappa shape index (κ2) is 7.45. The molecule has 1 amide bonds. The molecule has 0 bridgehead atoms. The van der Waals surface area contributed by atoms with Crippen LogP contribution in [0.4, 0.5) is 11.7 Å². The number of H-pyrrole nitrogens is 1. The lowest BCUT2D eigenvalue weighted by Gasteiger charge is -2.34. The van der Waals surface area contributed by atoms with Gasteiger partial charge >= 0.3 is 0 Å². The normalized spacial score (nSPS) is 18.9. The molecule has 1 aliphatic carbocycles. The van der Waals surface area contributed by atoms with Crippen LogP contribution in [0.15, 0.2) is 35.1 Å². The Bertz CT molecular complexity index is 1270. The molecule has 11 nitrogen and oxygen atoms in total. The Hall–Kier alpha value is -3.73. The maximum Gasteiger partial charge on any atom is 0.231 e. The summed E-state index contributed by atoms with van der Waals surface area (Å²) < 4.78 is 12.7. The number of aromatic nitrogens is 6. The fourth-order valence-electron chi connectivity index (χ4n) is 3.98. The molecular weight excluding hydrogens is 412 g/mol. The molecule has 0 aromatic carbocycles. The van der Waals surface area contributed by atoms with E-state index in [0.717, 1.165) is 36.2 Å². The van der Waals surface area contributed by atoms with Crippen molar-refractivity contribution in [3.05, 3.63) is 30.6 Å². The van der Waals surface area contributed by atoms with Crippen molar-refractivity contribution in [1.29, 1.82) is 0 Å². The number of anilines is 2. The van der Waals surface area contributed by atoms with Crippen LogP contribution < -0.4 is 10.2 Å². The number of rotatable bonds is 5. The number of nitrogens with zero attached hydrogens (tertiary/aromatic N) is 6. The number of morpholine rings is 1. The van der Waals surface area contributed by atoms with Crippen LogP contribution in [0.25, 0.3) is 28.1 Å². The number of carbonyl (C=O) groups is 1. The number of ether oxygens (including phenoxy) is 1. The summed E-state index contributed by atoms with van der Waals surface area (Å²) >= 11 is 0. The van der Waals surface area contributed by atoms with Gasteiger partial charge in [0.2, 0.25) is 11.8 Å². The van der Waals surface area contributed by atoms with E-state index in [-0.39, 0.29) is 17.9 Å². The van der Waals surface area contributed by atoms with E-state index in [9.17, 15) is 4.79 Å². The number of aromatic amines is 1. The molecule has 0 spiro atoms. The Morgan fingerprint density at radius 2 is 2.19 bits per heavy atom. The Labute approximate surface area is 182 Å². The van der Waals surface area contributed by atoms with Gasteiger partial charge in [0.05, 0.1) is 25.5 Å². The summed E-state index contributed by atoms with van der Waals surface area (Å²) in [6, 6.07) is 5.74. The topological polar surface area (TPSA) is 127 Å². The van der Waals surface area contributed by atoms with Gasteiger partial charge < -0.3 is 14.2 Å². The van der Waals surface area contributed by atoms with E-state index in [4.69, 9.17) is 14.2 Å². The molecule has 5 heterocycles. The minimum atomic E-state index is -0.0262. The zero-order valence-electron chi connectivity index (χ0n) is 17.5. The quantitative estimate of drug-likeness (QED) is 0.490. The molecule has 1 saturated heterocycles. The first-order chi connectivity index (χ1) is 15.7. The average Bonchev–Trinajstić information content (AvgIpc) is 3.16. The van der Waals surface area contributed by atoms with Crippen LogP contribution in [0.1, 0.15) is 19.8 Å². The first-order valence-corrected chi connectivity index (χ1v) is 10.7. The number of amides is 1. The Morgan fingerprint density at radius 3 is 2.97 bits per heavy atom. The van der Waals surface area contributed by atoms with Crippen LogP contribution in [0.3, 0.4) is 0 Å². The molecule has 4 aromatic heterocycles. The van der Waals surface area contributed by atoms with Crippen LogP contribution >= 0.6 is 0 Å². The zero-order valence-corrected chi connectivity index (χ0v) is 17.5. The molecule has 1 aliphatic heterocycles. The van der Waals surface area contributed by atoms with Gasteiger partial charge in [-0.25, -0.2) is 4.98 Å². The van der Waals surface area contributed by atoms with Gasteiger partial charge in [-0.15, -0.1) is 0 Å². The molecule has 2 aliphatic rings. The van der Waals surface area contributed by atoms with Crippen molar-refractivity contribution >= 4 is 28.6 Å². The SMILES string of the molecule is C[C@@H]1COCCN1c1cc(-c2cc(NC(=O)C3CC3)on2)c2cnn(-c3cc[nH]n3)c2n1. The fourth-order valence-corrected chi connectivity index (χ4v) is 3.98. The number of carbonyl (C=O) groups excluding carboxylic acids is 1. The predicted octanol–water partition coefficient (Wildman–Crippen LogP) is 2.37. The van der Waals surface area contributed by atoms with Crippen molar-refractivity contribution in [2.45, 2.75) is 25.8 Å². The summed E-state index contributed by atoms with van der Waals surface area (Å²) in [5.41, 5.74) is 2.09.